The van der Waals surface area contributed by atoms with Crippen LogP contribution in [-0.4, -0.2) is 11.7 Å². The quantitative estimate of drug-likeness (QED) is 0.894. The molecule has 1 heterocycles. The smallest absolute Gasteiger partial charge is 0.258 e. The van der Waals surface area contributed by atoms with Gasteiger partial charge in [0.15, 0.2) is 11.5 Å². The van der Waals surface area contributed by atoms with Crippen LogP contribution in [0.5, 0.6) is 11.5 Å². The fourth-order valence-corrected chi connectivity index (χ4v) is 3.16. The lowest BCUT2D eigenvalue weighted by atomic mass is 10.2. The molecule has 0 atom stereocenters. The molecule has 1 aliphatic heterocycles. The molecule has 4 rings (SSSR count). The highest BCUT2D eigenvalue weighted by Gasteiger charge is 2.44. The number of fused-ring (bicyclic) bond motifs is 1. The molecule has 1 fully saturated rings. The zero-order valence-electron chi connectivity index (χ0n) is 12.8. The van der Waals surface area contributed by atoms with Crippen LogP contribution in [0.15, 0.2) is 36.4 Å². The molecule has 0 bridgehead atoms. The first-order valence-corrected chi connectivity index (χ1v) is 7.83. The highest BCUT2D eigenvalue weighted by Crippen LogP contribution is 2.47. The molecule has 1 N–H and O–H groups in total. The van der Waals surface area contributed by atoms with Crippen LogP contribution in [0.25, 0.3) is 0 Å². The van der Waals surface area contributed by atoms with Gasteiger partial charge in [-0.15, -0.1) is 0 Å². The van der Waals surface area contributed by atoms with E-state index in [0.717, 1.165) is 43.9 Å². The number of benzene rings is 2. The Bertz CT molecular complexity index is 816. The summed E-state index contributed by atoms with van der Waals surface area (Å²) in [5.41, 5.74) is 0.0842. The second-order valence-electron chi connectivity index (χ2n) is 6.06. The van der Waals surface area contributed by atoms with Gasteiger partial charge < -0.3 is 14.8 Å². The third-order valence-corrected chi connectivity index (χ3v) is 4.33. The summed E-state index contributed by atoms with van der Waals surface area (Å²) < 4.78 is 38.7. The summed E-state index contributed by atoms with van der Waals surface area (Å²) in [5, 5.41) is 2.55. The normalized spacial score (nSPS) is 17.2. The van der Waals surface area contributed by atoms with E-state index in [1.807, 2.05) is 0 Å². The lowest BCUT2D eigenvalue weighted by Gasteiger charge is -2.21. The molecule has 1 aliphatic carbocycles. The van der Waals surface area contributed by atoms with E-state index in [9.17, 15) is 13.6 Å². The predicted molar refractivity (Wildman–Crippen MR) is 83.2 cm³/mol. The van der Waals surface area contributed by atoms with Crippen molar-refractivity contribution in [2.24, 2.45) is 0 Å². The maximum absolute atomic E-state index is 13.7. The van der Waals surface area contributed by atoms with Crippen LogP contribution in [0.1, 0.15) is 36.0 Å². The van der Waals surface area contributed by atoms with Crippen molar-refractivity contribution in [3.05, 3.63) is 53.6 Å². The summed E-state index contributed by atoms with van der Waals surface area (Å²) in [5.74, 6) is -1.57. The van der Waals surface area contributed by atoms with Crippen LogP contribution in [-0.2, 0) is 0 Å². The fourth-order valence-electron chi connectivity index (χ4n) is 3.16. The van der Waals surface area contributed by atoms with E-state index in [2.05, 4.69) is 5.32 Å². The van der Waals surface area contributed by atoms with Crippen molar-refractivity contribution in [1.29, 1.82) is 0 Å². The van der Waals surface area contributed by atoms with Gasteiger partial charge in [-0.1, -0.05) is 0 Å². The zero-order chi connectivity index (χ0) is 16.7. The monoisotopic (exact) mass is 331 g/mol. The van der Waals surface area contributed by atoms with E-state index in [1.54, 1.807) is 18.2 Å². The Hall–Kier alpha value is -2.63. The van der Waals surface area contributed by atoms with E-state index in [4.69, 9.17) is 9.47 Å². The Balaban J connectivity index is 1.54. The molecule has 1 amide bonds. The highest BCUT2D eigenvalue weighted by atomic mass is 19.1. The average Bonchev–Trinajstić information content (AvgIpc) is 3.15. The molecule has 4 nitrogen and oxygen atoms in total. The largest absolute Gasteiger partial charge is 0.448 e. The molecule has 2 aliphatic rings. The van der Waals surface area contributed by atoms with Crippen molar-refractivity contribution in [3.63, 3.8) is 0 Å². The van der Waals surface area contributed by atoms with Crippen molar-refractivity contribution >= 4 is 11.6 Å². The molecule has 24 heavy (non-hydrogen) atoms. The van der Waals surface area contributed by atoms with Gasteiger partial charge in [-0.05, 0) is 43.2 Å². The average molecular weight is 331 g/mol. The maximum Gasteiger partial charge on any atom is 0.258 e. The van der Waals surface area contributed by atoms with Gasteiger partial charge in [0.2, 0.25) is 0 Å². The van der Waals surface area contributed by atoms with Gasteiger partial charge in [-0.25, -0.2) is 8.78 Å². The Morgan fingerprint density at radius 2 is 1.75 bits per heavy atom. The van der Waals surface area contributed by atoms with Crippen molar-refractivity contribution in [1.82, 2.24) is 0 Å². The fraction of sp³-hybridized carbons (Fsp3) is 0.278. The number of halogens is 2. The number of carbonyl (C=O) groups excluding carboxylic acids is 1. The molecule has 0 saturated heterocycles. The topological polar surface area (TPSA) is 47.6 Å². The number of hydrogen-bond acceptors (Lipinski definition) is 3. The third kappa shape index (κ3) is 2.58. The highest BCUT2D eigenvalue weighted by molar-refractivity contribution is 6.04. The second kappa shape index (κ2) is 5.47. The third-order valence-electron chi connectivity index (χ3n) is 4.33. The number of rotatable bonds is 2. The number of amides is 1. The van der Waals surface area contributed by atoms with Crippen LogP contribution in [0, 0.1) is 11.6 Å². The molecule has 6 heteroatoms. The van der Waals surface area contributed by atoms with Gasteiger partial charge in [0, 0.05) is 24.6 Å². The first kappa shape index (κ1) is 14.9. The summed E-state index contributed by atoms with van der Waals surface area (Å²) in [6, 6.07) is 7.75. The van der Waals surface area contributed by atoms with Crippen LogP contribution in [0.3, 0.4) is 0 Å². The Morgan fingerprint density at radius 1 is 1.00 bits per heavy atom. The second-order valence-corrected chi connectivity index (χ2v) is 6.06. The van der Waals surface area contributed by atoms with Gasteiger partial charge in [0.1, 0.15) is 11.6 Å². The van der Waals surface area contributed by atoms with Crippen LogP contribution < -0.4 is 14.8 Å². The van der Waals surface area contributed by atoms with Gasteiger partial charge >= 0.3 is 0 Å². The lowest BCUT2D eigenvalue weighted by Crippen LogP contribution is -2.34. The van der Waals surface area contributed by atoms with Crippen LogP contribution in [0.2, 0.25) is 0 Å². The number of hydrogen-bond donors (Lipinski definition) is 1. The number of nitrogens with one attached hydrogen (secondary N) is 1. The van der Waals surface area contributed by atoms with Crippen molar-refractivity contribution in [2.45, 2.75) is 31.5 Å². The molecule has 1 saturated carbocycles. The van der Waals surface area contributed by atoms with Gasteiger partial charge in [-0.2, -0.15) is 0 Å². The summed E-state index contributed by atoms with van der Waals surface area (Å²) in [6.45, 7) is 0. The minimum Gasteiger partial charge on any atom is -0.448 e. The predicted octanol–water partition coefficient (Wildman–Crippen LogP) is 4.26. The van der Waals surface area contributed by atoms with Crippen molar-refractivity contribution < 1.29 is 23.0 Å². The molecule has 2 aromatic rings. The summed E-state index contributed by atoms with van der Waals surface area (Å²) in [4.78, 5) is 12.1. The molecule has 0 unspecified atom stereocenters. The van der Waals surface area contributed by atoms with E-state index >= 15 is 0 Å². The molecule has 124 valence electrons. The standard InChI is InChI=1S/C18H15F2NO3/c19-11-3-5-14(20)13(9-11)17(22)21-12-4-6-15-16(10-12)24-18(23-15)7-1-2-8-18/h3-6,9-10H,1-2,7-8H2,(H,21,22). The number of carbonyl (C=O) groups is 1. The van der Waals surface area contributed by atoms with E-state index < -0.39 is 23.3 Å². The minimum absolute atomic E-state index is 0.347. The van der Waals surface area contributed by atoms with Crippen LogP contribution in [0.4, 0.5) is 14.5 Å². The Labute approximate surface area is 137 Å². The van der Waals surface area contributed by atoms with E-state index in [1.165, 1.54) is 0 Å². The lowest BCUT2D eigenvalue weighted by molar-refractivity contribution is -0.0716. The molecule has 1 spiro atoms. The Morgan fingerprint density at radius 3 is 2.54 bits per heavy atom. The van der Waals surface area contributed by atoms with Gasteiger partial charge in [-0.3, -0.25) is 4.79 Å². The minimum atomic E-state index is -0.778. The molecular weight excluding hydrogens is 316 g/mol. The first-order valence-electron chi connectivity index (χ1n) is 7.83. The first-order chi connectivity index (χ1) is 11.5. The van der Waals surface area contributed by atoms with Crippen molar-refractivity contribution in [2.75, 3.05) is 5.32 Å². The van der Waals surface area contributed by atoms with Gasteiger partial charge in [0.25, 0.3) is 11.7 Å². The summed E-state index contributed by atoms with van der Waals surface area (Å²) in [7, 11) is 0. The molecule has 0 radical (unpaired) electrons. The zero-order valence-corrected chi connectivity index (χ0v) is 12.8. The number of anilines is 1. The van der Waals surface area contributed by atoms with Crippen molar-refractivity contribution in [3.8, 4) is 11.5 Å². The molecule has 2 aromatic carbocycles. The molecule has 0 aromatic heterocycles. The summed E-state index contributed by atoms with van der Waals surface area (Å²) >= 11 is 0. The van der Waals surface area contributed by atoms with E-state index in [-0.39, 0.29) is 5.56 Å². The maximum atomic E-state index is 13.7. The van der Waals surface area contributed by atoms with Gasteiger partial charge in [0.05, 0.1) is 5.56 Å². The number of ether oxygens (including phenoxy) is 2. The van der Waals surface area contributed by atoms with E-state index in [0.29, 0.717) is 17.2 Å². The summed E-state index contributed by atoms with van der Waals surface area (Å²) in [6.07, 6.45) is 3.77. The Kier molecular flexibility index (Phi) is 3.40. The molecular formula is C18H15F2NO3. The SMILES string of the molecule is O=C(Nc1ccc2c(c1)OC1(CCCC1)O2)c1cc(F)ccc1F. The van der Waals surface area contributed by atoms with Crippen LogP contribution >= 0.6 is 0 Å².